The number of carbonyl (C=O) groups excluding carboxylic acids is 2. The molecule has 2 aromatic carbocycles. The van der Waals surface area contributed by atoms with Crippen molar-refractivity contribution in [1.29, 1.82) is 0 Å². The Morgan fingerprint density at radius 3 is 2.08 bits per heavy atom. The second-order valence-corrected chi connectivity index (χ2v) is 15.8. The minimum atomic E-state index is -2.74. The number of rotatable bonds is 9. The van der Waals surface area contributed by atoms with Gasteiger partial charge in [-0.1, -0.05) is 87.5 Å². The summed E-state index contributed by atoms with van der Waals surface area (Å²) in [6.07, 6.45) is 1.30. The van der Waals surface area contributed by atoms with Gasteiger partial charge in [-0.3, -0.25) is 9.59 Å². The average Bonchev–Trinajstić information content (AvgIpc) is 3.31. The summed E-state index contributed by atoms with van der Waals surface area (Å²) in [5.41, 5.74) is 0.421. The van der Waals surface area contributed by atoms with Gasteiger partial charge in [0.15, 0.2) is 3.92 Å². The molecule has 0 spiro atoms. The molecule has 2 amide bonds. The summed E-state index contributed by atoms with van der Waals surface area (Å²) in [5, 5.41) is 9.38. The molecule has 2 N–H and O–H groups in total. The van der Waals surface area contributed by atoms with Crippen LogP contribution in [0.1, 0.15) is 45.1 Å². The van der Waals surface area contributed by atoms with Crippen LogP contribution in [-0.4, -0.2) is 37.8 Å². The molecule has 0 aliphatic carbocycles. The van der Waals surface area contributed by atoms with E-state index in [4.69, 9.17) is 4.43 Å². The van der Waals surface area contributed by atoms with Crippen molar-refractivity contribution in [1.82, 2.24) is 15.6 Å². The Hall–Kier alpha value is -2.59. The SMILES string of the molecule is C/C=C(\NC(=O)c1csc(Br)n1)C(=O)NC[C@@H](C)O[Si](c1ccccc1)(c1ccccc1)C(C)(C)C. The van der Waals surface area contributed by atoms with Gasteiger partial charge in [0.2, 0.25) is 0 Å². The molecule has 0 aliphatic heterocycles. The van der Waals surface area contributed by atoms with E-state index in [9.17, 15) is 9.59 Å². The Kier molecular flexibility index (Phi) is 9.40. The van der Waals surface area contributed by atoms with Crippen LogP contribution in [0.25, 0.3) is 0 Å². The van der Waals surface area contributed by atoms with Crippen LogP contribution in [0, 0.1) is 0 Å². The van der Waals surface area contributed by atoms with Crippen molar-refractivity contribution in [2.24, 2.45) is 0 Å². The third kappa shape index (κ3) is 6.39. The number of hydrogen-bond donors (Lipinski definition) is 2. The summed E-state index contributed by atoms with van der Waals surface area (Å²) in [6, 6.07) is 20.8. The highest BCUT2D eigenvalue weighted by Gasteiger charge is 2.51. The molecular weight excluding hydrogens is 554 g/mol. The predicted octanol–water partition coefficient (Wildman–Crippen LogP) is 4.62. The lowest BCUT2D eigenvalue weighted by atomic mass is 10.2. The molecule has 1 atom stereocenters. The number of hydrogen-bond acceptors (Lipinski definition) is 5. The van der Waals surface area contributed by atoms with E-state index in [-0.39, 0.29) is 28.4 Å². The highest BCUT2D eigenvalue weighted by Crippen LogP contribution is 2.37. The zero-order valence-corrected chi connectivity index (χ0v) is 24.6. The number of nitrogens with zero attached hydrogens (tertiary/aromatic N) is 1. The predicted molar refractivity (Wildman–Crippen MR) is 152 cm³/mol. The van der Waals surface area contributed by atoms with Crippen LogP contribution in [-0.2, 0) is 9.22 Å². The van der Waals surface area contributed by atoms with Crippen molar-refractivity contribution in [2.75, 3.05) is 6.54 Å². The maximum Gasteiger partial charge on any atom is 0.275 e. The Bertz CT molecular complexity index is 1170. The van der Waals surface area contributed by atoms with Crippen LogP contribution in [0.15, 0.2) is 81.7 Å². The van der Waals surface area contributed by atoms with E-state index in [0.29, 0.717) is 10.5 Å². The van der Waals surface area contributed by atoms with Crippen molar-refractivity contribution < 1.29 is 14.0 Å². The first-order valence-electron chi connectivity index (χ1n) is 11.7. The van der Waals surface area contributed by atoms with Gasteiger partial charge in [0.25, 0.3) is 20.1 Å². The van der Waals surface area contributed by atoms with Crippen molar-refractivity contribution in [3.63, 3.8) is 0 Å². The Morgan fingerprint density at radius 2 is 1.64 bits per heavy atom. The molecule has 0 bridgehead atoms. The zero-order chi connectivity index (χ0) is 26.3. The van der Waals surface area contributed by atoms with Crippen molar-refractivity contribution in [3.05, 3.63) is 87.4 Å². The molecule has 3 rings (SSSR count). The molecule has 9 heteroatoms. The number of carbonyl (C=O) groups is 2. The largest absolute Gasteiger partial charge is 0.403 e. The van der Waals surface area contributed by atoms with Crippen LogP contribution in [0.2, 0.25) is 5.04 Å². The molecule has 36 heavy (non-hydrogen) atoms. The van der Waals surface area contributed by atoms with Gasteiger partial charge in [-0.25, -0.2) is 4.98 Å². The highest BCUT2D eigenvalue weighted by atomic mass is 79.9. The van der Waals surface area contributed by atoms with Crippen molar-refractivity contribution in [2.45, 2.75) is 45.8 Å². The van der Waals surface area contributed by atoms with Crippen molar-refractivity contribution >= 4 is 57.8 Å². The lowest BCUT2D eigenvalue weighted by Crippen LogP contribution is -2.68. The summed E-state index contributed by atoms with van der Waals surface area (Å²) < 4.78 is 7.60. The van der Waals surface area contributed by atoms with E-state index in [1.807, 2.05) is 43.3 Å². The fourth-order valence-electron chi connectivity index (χ4n) is 4.17. The molecule has 0 saturated heterocycles. The molecule has 0 aliphatic rings. The second-order valence-electron chi connectivity index (χ2n) is 9.44. The van der Waals surface area contributed by atoms with Crippen molar-refractivity contribution in [3.8, 4) is 0 Å². The van der Waals surface area contributed by atoms with Gasteiger partial charge in [0, 0.05) is 11.9 Å². The molecule has 0 unspecified atom stereocenters. The Labute approximate surface area is 226 Å². The molecule has 6 nitrogen and oxygen atoms in total. The highest BCUT2D eigenvalue weighted by molar-refractivity contribution is 9.11. The molecule has 1 heterocycles. The first-order chi connectivity index (χ1) is 17.1. The second kappa shape index (κ2) is 12.1. The van der Waals surface area contributed by atoms with Gasteiger partial charge in [0.1, 0.15) is 11.4 Å². The maximum atomic E-state index is 12.9. The first kappa shape index (κ1) is 28.0. The van der Waals surface area contributed by atoms with E-state index in [2.05, 4.69) is 76.6 Å². The van der Waals surface area contributed by atoms with Crippen LogP contribution in [0.4, 0.5) is 0 Å². The summed E-state index contributed by atoms with van der Waals surface area (Å²) in [5.74, 6) is -0.810. The van der Waals surface area contributed by atoms with E-state index in [0.717, 1.165) is 0 Å². The Balaban J connectivity index is 1.78. The van der Waals surface area contributed by atoms with Gasteiger partial charge in [0.05, 0.1) is 6.10 Å². The number of thiazole rings is 1. The van der Waals surface area contributed by atoms with E-state index >= 15 is 0 Å². The smallest absolute Gasteiger partial charge is 0.275 e. The lowest BCUT2D eigenvalue weighted by molar-refractivity contribution is -0.118. The minimum absolute atomic E-state index is 0.168. The summed E-state index contributed by atoms with van der Waals surface area (Å²) in [7, 11) is -2.74. The molecular formula is C27H32BrN3O3SSi. The quantitative estimate of drug-likeness (QED) is 0.283. The maximum absolute atomic E-state index is 12.9. The third-order valence-electron chi connectivity index (χ3n) is 5.84. The standard InChI is InChI=1S/C27H32BrN3O3SSi/c1-6-22(30-25(33)23-18-35-26(28)31-23)24(32)29-17-19(2)34-36(27(3,4)5,20-13-9-7-10-14-20)21-15-11-8-12-16-21/h6-16,18-19H,17H2,1-5H3,(H,29,32)(H,30,33)/b22-6-/t19-/m1/s1. The number of amides is 2. The topological polar surface area (TPSA) is 80.3 Å². The molecule has 1 aromatic heterocycles. The average molecular weight is 587 g/mol. The molecule has 0 radical (unpaired) electrons. The number of nitrogens with one attached hydrogen (secondary N) is 2. The van der Waals surface area contributed by atoms with Crippen LogP contribution < -0.4 is 21.0 Å². The van der Waals surface area contributed by atoms with Crippen LogP contribution in [0.5, 0.6) is 0 Å². The number of benzene rings is 2. The zero-order valence-electron chi connectivity index (χ0n) is 21.2. The van der Waals surface area contributed by atoms with Gasteiger partial charge in [-0.05, 0) is 45.2 Å². The minimum Gasteiger partial charge on any atom is -0.403 e. The third-order valence-corrected chi connectivity index (χ3v) is 12.4. The molecule has 3 aromatic rings. The normalized spacial score (nSPS) is 13.2. The molecule has 0 fully saturated rings. The molecule has 190 valence electrons. The van der Waals surface area contributed by atoms with E-state index in [1.165, 1.54) is 21.7 Å². The summed E-state index contributed by atoms with van der Waals surface area (Å²) in [6.45, 7) is 10.6. The number of aromatic nitrogens is 1. The molecule has 0 saturated carbocycles. The van der Waals surface area contributed by atoms with Gasteiger partial charge >= 0.3 is 0 Å². The number of halogens is 1. The fraction of sp³-hybridized carbons (Fsp3) is 0.296. The Morgan fingerprint density at radius 1 is 1.08 bits per heavy atom. The van der Waals surface area contributed by atoms with Gasteiger partial charge in [-0.15, -0.1) is 11.3 Å². The van der Waals surface area contributed by atoms with E-state index < -0.39 is 14.2 Å². The monoisotopic (exact) mass is 585 g/mol. The lowest BCUT2D eigenvalue weighted by Gasteiger charge is -2.44. The summed E-state index contributed by atoms with van der Waals surface area (Å²) in [4.78, 5) is 29.4. The first-order valence-corrected chi connectivity index (χ1v) is 15.3. The fourth-order valence-corrected chi connectivity index (χ4v) is 9.86. The van der Waals surface area contributed by atoms with Gasteiger partial charge < -0.3 is 15.1 Å². The number of allylic oxidation sites excluding steroid dienone is 1. The summed E-state index contributed by atoms with van der Waals surface area (Å²) >= 11 is 4.55. The van der Waals surface area contributed by atoms with Gasteiger partial charge in [-0.2, -0.15) is 0 Å². The van der Waals surface area contributed by atoms with Crippen LogP contribution >= 0.6 is 27.3 Å². The van der Waals surface area contributed by atoms with E-state index in [1.54, 1.807) is 18.4 Å². The van der Waals surface area contributed by atoms with Crippen LogP contribution in [0.3, 0.4) is 0 Å².